The highest BCUT2D eigenvalue weighted by Gasteiger charge is 2.14. The minimum atomic E-state index is -0.166. The molecule has 1 aromatic carbocycles. The fourth-order valence-corrected chi connectivity index (χ4v) is 3.32. The van der Waals surface area contributed by atoms with Crippen molar-refractivity contribution in [1.82, 2.24) is 10.3 Å². The molecule has 118 valence electrons. The summed E-state index contributed by atoms with van der Waals surface area (Å²) >= 11 is 7.43. The van der Waals surface area contributed by atoms with E-state index in [1.807, 2.05) is 36.4 Å². The third-order valence-electron chi connectivity index (χ3n) is 3.41. The van der Waals surface area contributed by atoms with Gasteiger partial charge in [-0.3, -0.25) is 4.79 Å². The van der Waals surface area contributed by atoms with Gasteiger partial charge in [-0.25, -0.2) is 4.98 Å². The number of carbonyl (C=O) groups is 1. The van der Waals surface area contributed by atoms with Crippen LogP contribution in [-0.4, -0.2) is 29.1 Å². The van der Waals surface area contributed by atoms with Gasteiger partial charge in [-0.1, -0.05) is 29.8 Å². The normalized spacial score (nSPS) is 10.9. The number of nitrogens with zero attached hydrogens (tertiary/aromatic N) is 1. The van der Waals surface area contributed by atoms with Crippen molar-refractivity contribution in [1.29, 1.82) is 0 Å². The predicted molar refractivity (Wildman–Crippen MR) is 94.1 cm³/mol. The van der Waals surface area contributed by atoms with Gasteiger partial charge in [-0.2, -0.15) is 0 Å². The number of hydrogen-bond acceptors (Lipinski definition) is 4. The van der Waals surface area contributed by atoms with Crippen LogP contribution in [0.1, 0.15) is 16.8 Å². The second-order valence-corrected chi connectivity index (χ2v) is 6.72. The first-order valence-electron chi connectivity index (χ1n) is 7.23. The van der Waals surface area contributed by atoms with Crippen molar-refractivity contribution in [3.63, 3.8) is 0 Å². The summed E-state index contributed by atoms with van der Waals surface area (Å²) in [5.74, 6) is -0.166. The summed E-state index contributed by atoms with van der Waals surface area (Å²) in [5.41, 5.74) is 2.07. The lowest BCUT2D eigenvalue weighted by molar-refractivity contribution is 0.0953. The number of aliphatic hydroxyl groups is 1. The molecular weight excluding hydrogens is 332 g/mol. The number of hydrogen-bond donors (Lipinski definition) is 2. The van der Waals surface area contributed by atoms with Gasteiger partial charge in [0, 0.05) is 18.5 Å². The van der Waals surface area contributed by atoms with Crippen molar-refractivity contribution in [2.24, 2.45) is 0 Å². The SMILES string of the molecule is O=C(NCCCO)c1cc(-c2ccc(Cl)s2)nc2ccccc12. The molecule has 0 unspecified atom stereocenters. The van der Waals surface area contributed by atoms with Crippen LogP contribution < -0.4 is 5.32 Å². The number of fused-ring (bicyclic) bond motifs is 1. The zero-order valence-corrected chi connectivity index (χ0v) is 13.8. The Morgan fingerprint density at radius 1 is 1.26 bits per heavy atom. The van der Waals surface area contributed by atoms with Crippen molar-refractivity contribution < 1.29 is 9.90 Å². The number of nitrogens with one attached hydrogen (secondary N) is 1. The number of halogens is 1. The number of benzene rings is 1. The van der Waals surface area contributed by atoms with Crippen LogP contribution >= 0.6 is 22.9 Å². The number of aromatic nitrogens is 1. The average Bonchev–Trinajstić information content (AvgIpc) is 3.00. The Morgan fingerprint density at radius 2 is 2.09 bits per heavy atom. The molecule has 0 atom stereocenters. The van der Waals surface area contributed by atoms with E-state index in [0.29, 0.717) is 22.9 Å². The van der Waals surface area contributed by atoms with Crippen LogP contribution in [-0.2, 0) is 0 Å². The molecule has 0 spiro atoms. The molecule has 0 aliphatic heterocycles. The fraction of sp³-hybridized carbons (Fsp3) is 0.176. The van der Waals surface area contributed by atoms with Gasteiger partial charge >= 0.3 is 0 Å². The maximum atomic E-state index is 12.5. The van der Waals surface area contributed by atoms with Crippen LogP contribution in [0.3, 0.4) is 0 Å². The minimum absolute atomic E-state index is 0.0519. The summed E-state index contributed by atoms with van der Waals surface area (Å²) in [7, 11) is 0. The summed E-state index contributed by atoms with van der Waals surface area (Å²) in [5, 5.41) is 12.5. The topological polar surface area (TPSA) is 62.2 Å². The molecule has 3 aromatic rings. The van der Waals surface area contributed by atoms with Gasteiger partial charge in [0.15, 0.2) is 0 Å². The quantitative estimate of drug-likeness (QED) is 0.692. The fourth-order valence-electron chi connectivity index (χ4n) is 2.32. The van der Waals surface area contributed by atoms with Crippen LogP contribution in [0.2, 0.25) is 4.34 Å². The van der Waals surface area contributed by atoms with Gasteiger partial charge in [0.05, 0.1) is 26.0 Å². The summed E-state index contributed by atoms with van der Waals surface area (Å²) in [4.78, 5) is 18.0. The predicted octanol–water partition coefficient (Wildman–Crippen LogP) is 3.73. The lowest BCUT2D eigenvalue weighted by Crippen LogP contribution is -2.25. The maximum absolute atomic E-state index is 12.5. The Labute approximate surface area is 142 Å². The molecule has 4 nitrogen and oxygen atoms in total. The molecule has 0 aliphatic rings. The highest BCUT2D eigenvalue weighted by atomic mass is 35.5. The van der Waals surface area contributed by atoms with E-state index in [4.69, 9.17) is 16.7 Å². The summed E-state index contributed by atoms with van der Waals surface area (Å²) in [6, 6.07) is 13.1. The molecular formula is C17H15ClN2O2S. The zero-order valence-electron chi connectivity index (χ0n) is 12.3. The van der Waals surface area contributed by atoms with Crippen molar-refractivity contribution in [2.45, 2.75) is 6.42 Å². The van der Waals surface area contributed by atoms with Gasteiger partial charge < -0.3 is 10.4 Å². The van der Waals surface area contributed by atoms with E-state index >= 15 is 0 Å². The monoisotopic (exact) mass is 346 g/mol. The lowest BCUT2D eigenvalue weighted by Gasteiger charge is -2.09. The van der Waals surface area contributed by atoms with Crippen LogP contribution in [0.15, 0.2) is 42.5 Å². The third-order valence-corrected chi connectivity index (χ3v) is 4.66. The highest BCUT2D eigenvalue weighted by Crippen LogP contribution is 2.32. The molecule has 0 aliphatic carbocycles. The number of amides is 1. The first-order valence-corrected chi connectivity index (χ1v) is 8.43. The Balaban J connectivity index is 2.05. The summed E-state index contributed by atoms with van der Waals surface area (Å²) < 4.78 is 0.684. The second-order valence-electron chi connectivity index (χ2n) is 5.01. The molecule has 3 rings (SSSR count). The molecule has 2 heterocycles. The Morgan fingerprint density at radius 3 is 2.83 bits per heavy atom. The molecule has 0 bridgehead atoms. The number of thiophene rings is 1. The van der Waals surface area contributed by atoms with E-state index in [1.54, 1.807) is 6.07 Å². The Hall–Kier alpha value is -1.95. The van der Waals surface area contributed by atoms with Crippen molar-refractivity contribution in [2.75, 3.05) is 13.2 Å². The average molecular weight is 347 g/mol. The maximum Gasteiger partial charge on any atom is 0.252 e. The number of pyridine rings is 1. The van der Waals surface area contributed by atoms with Crippen LogP contribution in [0.4, 0.5) is 0 Å². The third kappa shape index (κ3) is 3.52. The van der Waals surface area contributed by atoms with Gasteiger partial charge in [-0.05, 0) is 30.7 Å². The van der Waals surface area contributed by atoms with E-state index in [2.05, 4.69) is 10.3 Å². The first kappa shape index (κ1) is 15.9. The minimum Gasteiger partial charge on any atom is -0.396 e. The lowest BCUT2D eigenvalue weighted by atomic mass is 10.1. The molecule has 0 fully saturated rings. The zero-order chi connectivity index (χ0) is 16.2. The van der Waals surface area contributed by atoms with E-state index in [1.165, 1.54) is 11.3 Å². The Kier molecular flexibility index (Phi) is 4.91. The highest BCUT2D eigenvalue weighted by molar-refractivity contribution is 7.19. The van der Waals surface area contributed by atoms with Crippen LogP contribution in [0.25, 0.3) is 21.5 Å². The van der Waals surface area contributed by atoms with Crippen LogP contribution in [0, 0.1) is 0 Å². The van der Waals surface area contributed by atoms with Crippen molar-refractivity contribution in [3.05, 3.63) is 52.4 Å². The number of para-hydroxylation sites is 1. The van der Waals surface area contributed by atoms with E-state index in [9.17, 15) is 4.79 Å². The molecule has 0 saturated carbocycles. The Bertz CT molecular complexity index is 847. The molecule has 0 saturated heterocycles. The molecule has 1 amide bonds. The first-order chi connectivity index (χ1) is 11.2. The molecule has 6 heteroatoms. The molecule has 23 heavy (non-hydrogen) atoms. The molecule has 0 radical (unpaired) electrons. The van der Waals surface area contributed by atoms with Gasteiger partial charge in [0.25, 0.3) is 5.91 Å². The number of rotatable bonds is 5. The van der Waals surface area contributed by atoms with Crippen molar-refractivity contribution in [3.8, 4) is 10.6 Å². The largest absolute Gasteiger partial charge is 0.396 e. The smallest absolute Gasteiger partial charge is 0.252 e. The molecule has 2 aromatic heterocycles. The standard InChI is InChI=1S/C17H15ClN2O2S/c18-16-7-6-15(23-16)14-10-12(17(22)19-8-3-9-21)11-4-1-2-5-13(11)20-14/h1-2,4-7,10,21H,3,8-9H2,(H,19,22). The van der Waals surface area contributed by atoms with E-state index < -0.39 is 0 Å². The van der Waals surface area contributed by atoms with Gasteiger partial charge in [0.1, 0.15) is 0 Å². The molecule has 2 N–H and O–H groups in total. The van der Waals surface area contributed by atoms with Crippen LogP contribution in [0.5, 0.6) is 0 Å². The van der Waals surface area contributed by atoms with Gasteiger partial charge in [-0.15, -0.1) is 11.3 Å². The number of carbonyl (C=O) groups excluding carboxylic acids is 1. The van der Waals surface area contributed by atoms with E-state index in [0.717, 1.165) is 21.5 Å². The summed E-state index contributed by atoms with van der Waals surface area (Å²) in [6.45, 7) is 0.489. The number of aliphatic hydroxyl groups excluding tert-OH is 1. The van der Waals surface area contributed by atoms with Crippen molar-refractivity contribution >= 4 is 39.7 Å². The van der Waals surface area contributed by atoms with Gasteiger partial charge in [0.2, 0.25) is 0 Å². The van der Waals surface area contributed by atoms with E-state index in [-0.39, 0.29) is 12.5 Å². The summed E-state index contributed by atoms with van der Waals surface area (Å²) in [6.07, 6.45) is 0.530. The second kappa shape index (κ2) is 7.08.